The van der Waals surface area contributed by atoms with Crippen molar-refractivity contribution in [3.63, 3.8) is 0 Å². The lowest BCUT2D eigenvalue weighted by atomic mass is 9.78. The summed E-state index contributed by atoms with van der Waals surface area (Å²) in [6, 6.07) is 91.8. The number of nitrogens with zero attached hydrogens (tertiary/aromatic N) is 1. The smallest absolute Gasteiger partial charge is 0.0540 e. The lowest BCUT2D eigenvalue weighted by molar-refractivity contribution is 0.569. The number of anilines is 3. The molecular formula is C70H59N. The summed E-state index contributed by atoms with van der Waals surface area (Å²) < 4.78 is 0. The van der Waals surface area contributed by atoms with Crippen LogP contribution in [0, 0.1) is 0 Å². The van der Waals surface area contributed by atoms with Gasteiger partial charge >= 0.3 is 0 Å². The van der Waals surface area contributed by atoms with Crippen molar-refractivity contribution in [1.29, 1.82) is 0 Å². The number of para-hydroxylation sites is 2. The van der Waals surface area contributed by atoms with E-state index in [4.69, 9.17) is 0 Å². The molecule has 0 bridgehead atoms. The van der Waals surface area contributed by atoms with Crippen LogP contribution in [0.15, 0.2) is 249 Å². The first kappa shape index (κ1) is 45.2. The van der Waals surface area contributed by atoms with Crippen LogP contribution >= 0.6 is 0 Å². The zero-order valence-corrected chi connectivity index (χ0v) is 41.6. The van der Waals surface area contributed by atoms with Crippen molar-refractivity contribution in [3.8, 4) is 66.8 Å². The van der Waals surface area contributed by atoms with E-state index in [0.717, 1.165) is 33.8 Å². The fourth-order valence-corrected chi connectivity index (χ4v) is 10.3. The summed E-state index contributed by atoms with van der Waals surface area (Å²) >= 11 is 0. The molecule has 1 nitrogen and oxygen atoms in total. The molecule has 0 saturated heterocycles. The Kier molecular flexibility index (Phi) is 11.8. The number of hydrogen-bond acceptors (Lipinski definition) is 1. The van der Waals surface area contributed by atoms with Crippen LogP contribution in [0.1, 0.15) is 52.7 Å². The fraction of sp³-hybridized carbons (Fsp3) is 0.114. The first-order chi connectivity index (χ1) is 34.5. The lowest BCUT2D eigenvalue weighted by Crippen LogP contribution is -2.16. The van der Waals surface area contributed by atoms with Crippen LogP contribution in [-0.2, 0) is 10.8 Å². The molecule has 0 spiro atoms. The lowest BCUT2D eigenvalue weighted by Gasteiger charge is -2.30. The molecule has 0 amide bonds. The predicted molar refractivity (Wildman–Crippen MR) is 306 cm³/mol. The highest BCUT2D eigenvalue weighted by Crippen LogP contribution is 2.48. The Bertz CT molecular complexity index is 3640. The maximum absolute atomic E-state index is 2.47. The third-order valence-electron chi connectivity index (χ3n) is 14.2. The molecule has 0 aliphatic heterocycles. The van der Waals surface area contributed by atoms with E-state index in [0.29, 0.717) is 0 Å². The summed E-state index contributed by atoms with van der Waals surface area (Å²) in [6.07, 6.45) is 0. The highest BCUT2D eigenvalue weighted by molar-refractivity contribution is 6.09. The van der Waals surface area contributed by atoms with Crippen molar-refractivity contribution in [2.24, 2.45) is 0 Å². The van der Waals surface area contributed by atoms with Gasteiger partial charge in [0, 0.05) is 16.8 Å². The molecule has 11 aromatic carbocycles. The van der Waals surface area contributed by atoms with E-state index in [1.165, 1.54) is 82.7 Å². The van der Waals surface area contributed by atoms with Crippen molar-refractivity contribution in [3.05, 3.63) is 260 Å². The second-order valence-corrected chi connectivity index (χ2v) is 21.0. The van der Waals surface area contributed by atoms with Gasteiger partial charge in [0.05, 0.1) is 11.4 Å². The SMILES string of the molecule is CC(C)(C)c1cc(-c2cccc3cccc(-c4ccccc4N(c4ccc(-c5ccc(-c6cccc7ccccc67)cc5)cc4)c4ccccc4-c4ccc(-c5ccccc5)cc4)c23)cc(C(C)(C)C)c1. The standard InChI is InChI=1S/C70H59N/c1-69(2,3)57-45-56(46-58(47-57)70(4,5)6)63-29-17-23-55-24-18-30-65(68(55)63)64-27-13-15-32-67(64)71(66-31-14-12-26-62(66)54-39-35-49(36-40-54)48-19-8-7-9-20-48)59-43-41-51(42-44-59)50-33-37-53(38-34-50)61-28-16-22-52-21-10-11-25-60(52)61/h7-47H,1-6H3. The fourth-order valence-electron chi connectivity index (χ4n) is 10.3. The maximum Gasteiger partial charge on any atom is 0.0540 e. The topological polar surface area (TPSA) is 3.24 Å². The van der Waals surface area contributed by atoms with Crippen molar-refractivity contribution in [1.82, 2.24) is 0 Å². The molecule has 11 aromatic rings. The number of hydrogen-bond donors (Lipinski definition) is 0. The second kappa shape index (κ2) is 18.6. The zero-order chi connectivity index (χ0) is 48.7. The van der Waals surface area contributed by atoms with Crippen LogP contribution in [0.4, 0.5) is 17.1 Å². The van der Waals surface area contributed by atoms with E-state index >= 15 is 0 Å². The van der Waals surface area contributed by atoms with Crippen molar-refractivity contribution < 1.29 is 0 Å². The van der Waals surface area contributed by atoms with Crippen LogP contribution in [0.3, 0.4) is 0 Å². The zero-order valence-electron chi connectivity index (χ0n) is 41.6. The molecule has 0 aliphatic rings. The minimum atomic E-state index is -0.0116. The second-order valence-electron chi connectivity index (χ2n) is 21.0. The summed E-state index contributed by atoms with van der Waals surface area (Å²) in [5, 5.41) is 4.99. The monoisotopic (exact) mass is 913 g/mol. The molecule has 0 aliphatic carbocycles. The Morgan fingerprint density at radius 3 is 1.28 bits per heavy atom. The van der Waals surface area contributed by atoms with E-state index in [9.17, 15) is 0 Å². The van der Waals surface area contributed by atoms with Crippen molar-refractivity contribution >= 4 is 38.6 Å². The number of rotatable bonds is 9. The molecule has 344 valence electrons. The summed E-state index contributed by atoms with van der Waals surface area (Å²) in [7, 11) is 0. The van der Waals surface area contributed by atoms with Crippen LogP contribution in [-0.4, -0.2) is 0 Å². The number of fused-ring (bicyclic) bond motifs is 2. The third-order valence-corrected chi connectivity index (χ3v) is 14.2. The molecule has 1 heteroatoms. The first-order valence-electron chi connectivity index (χ1n) is 25.0. The molecule has 0 unspecified atom stereocenters. The van der Waals surface area contributed by atoms with Gasteiger partial charge in [0.2, 0.25) is 0 Å². The average Bonchev–Trinajstić information content (AvgIpc) is 3.41. The van der Waals surface area contributed by atoms with Crippen molar-refractivity contribution in [2.45, 2.75) is 52.4 Å². The molecular weight excluding hydrogens is 855 g/mol. The Balaban J connectivity index is 1.07. The van der Waals surface area contributed by atoms with E-state index in [1.54, 1.807) is 0 Å². The third kappa shape index (κ3) is 8.97. The normalized spacial score (nSPS) is 11.8. The molecule has 0 atom stereocenters. The first-order valence-corrected chi connectivity index (χ1v) is 25.0. The van der Waals surface area contributed by atoms with Gasteiger partial charge in [0.25, 0.3) is 0 Å². The van der Waals surface area contributed by atoms with E-state index < -0.39 is 0 Å². The highest BCUT2D eigenvalue weighted by atomic mass is 15.1. The van der Waals surface area contributed by atoms with Crippen LogP contribution < -0.4 is 4.90 Å². The van der Waals surface area contributed by atoms with Gasteiger partial charge in [0.1, 0.15) is 0 Å². The molecule has 11 rings (SSSR count). The maximum atomic E-state index is 2.47. The summed E-state index contributed by atoms with van der Waals surface area (Å²) in [5.74, 6) is 0. The average molecular weight is 914 g/mol. The minimum Gasteiger partial charge on any atom is -0.309 e. The summed E-state index contributed by atoms with van der Waals surface area (Å²) in [6.45, 7) is 13.9. The Labute approximate surface area is 420 Å². The van der Waals surface area contributed by atoms with Gasteiger partial charge < -0.3 is 4.90 Å². The van der Waals surface area contributed by atoms with Gasteiger partial charge in [-0.25, -0.2) is 0 Å². The Morgan fingerprint density at radius 1 is 0.268 bits per heavy atom. The van der Waals surface area contributed by atoms with Crippen molar-refractivity contribution in [2.75, 3.05) is 4.90 Å². The largest absolute Gasteiger partial charge is 0.309 e. The van der Waals surface area contributed by atoms with Gasteiger partial charge in [-0.15, -0.1) is 0 Å². The van der Waals surface area contributed by atoms with Gasteiger partial charge in [-0.1, -0.05) is 266 Å². The molecule has 0 saturated carbocycles. The molecule has 71 heavy (non-hydrogen) atoms. The predicted octanol–water partition coefficient (Wildman–Crippen LogP) is 20.1. The van der Waals surface area contributed by atoms with Crippen LogP contribution in [0.25, 0.3) is 88.3 Å². The molecule has 0 N–H and O–H groups in total. The van der Waals surface area contributed by atoms with Gasteiger partial charge in [-0.05, 0) is 123 Å². The van der Waals surface area contributed by atoms with Gasteiger partial charge in [0.15, 0.2) is 0 Å². The van der Waals surface area contributed by atoms with E-state index in [2.05, 4.69) is 295 Å². The minimum absolute atomic E-state index is 0.0116. The highest BCUT2D eigenvalue weighted by Gasteiger charge is 2.25. The summed E-state index contributed by atoms with van der Waals surface area (Å²) in [4.78, 5) is 2.47. The van der Waals surface area contributed by atoms with Gasteiger partial charge in [-0.2, -0.15) is 0 Å². The molecule has 0 aromatic heterocycles. The molecule has 0 heterocycles. The summed E-state index contributed by atoms with van der Waals surface area (Å²) in [5.41, 5.74) is 20.3. The van der Waals surface area contributed by atoms with Crippen LogP contribution in [0.5, 0.6) is 0 Å². The molecule has 0 radical (unpaired) electrons. The van der Waals surface area contributed by atoms with Gasteiger partial charge in [-0.3, -0.25) is 0 Å². The Hall–Kier alpha value is -8.26. The number of benzene rings is 11. The Morgan fingerprint density at radius 2 is 0.676 bits per heavy atom. The quantitative estimate of drug-likeness (QED) is 0.139. The van der Waals surface area contributed by atoms with E-state index in [-0.39, 0.29) is 10.8 Å². The van der Waals surface area contributed by atoms with E-state index in [1.807, 2.05) is 0 Å². The van der Waals surface area contributed by atoms with Crippen LogP contribution in [0.2, 0.25) is 0 Å². The molecule has 0 fully saturated rings.